The van der Waals surface area contributed by atoms with Crippen LogP contribution < -0.4 is 10.6 Å². The van der Waals surface area contributed by atoms with Gasteiger partial charge in [-0.2, -0.15) is 0 Å². The third-order valence-corrected chi connectivity index (χ3v) is 4.20. The van der Waals surface area contributed by atoms with Gasteiger partial charge in [0.2, 0.25) is 5.91 Å². The van der Waals surface area contributed by atoms with E-state index in [1.807, 2.05) is 6.92 Å². The molecule has 0 fully saturated rings. The lowest BCUT2D eigenvalue weighted by Gasteiger charge is -2.04. The van der Waals surface area contributed by atoms with Crippen LogP contribution >= 0.6 is 27.3 Å². The Morgan fingerprint density at radius 2 is 2.31 bits per heavy atom. The molecule has 0 saturated heterocycles. The topological polar surface area (TPSA) is 41.1 Å². The Labute approximate surface area is 109 Å². The van der Waals surface area contributed by atoms with Gasteiger partial charge in [0, 0.05) is 18.0 Å². The number of carbonyl (C=O) groups excluding carboxylic acids is 1. The predicted octanol–water partition coefficient (Wildman–Crippen LogP) is 2.43. The van der Waals surface area contributed by atoms with Crippen molar-refractivity contribution in [2.75, 3.05) is 13.1 Å². The Morgan fingerprint density at radius 1 is 1.56 bits per heavy atom. The molecule has 0 atom stereocenters. The summed E-state index contributed by atoms with van der Waals surface area (Å²) >= 11 is 5.19. The fourth-order valence-corrected chi connectivity index (χ4v) is 2.83. The summed E-state index contributed by atoms with van der Waals surface area (Å²) in [6.45, 7) is 5.99. The van der Waals surface area contributed by atoms with Crippen LogP contribution in [0.1, 0.15) is 23.8 Å². The van der Waals surface area contributed by atoms with E-state index in [1.54, 1.807) is 11.3 Å². The molecule has 1 aromatic heterocycles. The number of carbonyl (C=O) groups is 1. The van der Waals surface area contributed by atoms with Crippen LogP contribution in [0.2, 0.25) is 0 Å². The first-order chi connectivity index (χ1) is 7.63. The number of thiophene rings is 1. The minimum Gasteiger partial charge on any atom is -0.355 e. The molecule has 90 valence electrons. The highest BCUT2D eigenvalue weighted by Crippen LogP contribution is 2.26. The zero-order valence-electron chi connectivity index (χ0n) is 9.60. The predicted molar refractivity (Wildman–Crippen MR) is 71.8 cm³/mol. The summed E-state index contributed by atoms with van der Waals surface area (Å²) in [5, 5.41) is 5.96. The van der Waals surface area contributed by atoms with Crippen LogP contribution in [0.3, 0.4) is 0 Å². The zero-order chi connectivity index (χ0) is 12.0. The molecule has 0 aliphatic rings. The Kier molecular flexibility index (Phi) is 6.01. The molecular formula is C11H17BrN2OS. The molecule has 1 heterocycles. The zero-order valence-corrected chi connectivity index (χ0v) is 12.0. The van der Waals surface area contributed by atoms with Crippen LogP contribution in [0.4, 0.5) is 0 Å². The summed E-state index contributed by atoms with van der Waals surface area (Å²) in [6.07, 6.45) is 0.975. The molecule has 3 nitrogen and oxygen atoms in total. The van der Waals surface area contributed by atoms with Gasteiger partial charge in [0.05, 0.1) is 10.3 Å². The van der Waals surface area contributed by atoms with Gasteiger partial charge in [-0.25, -0.2) is 0 Å². The second-order valence-electron chi connectivity index (χ2n) is 3.62. The molecule has 0 aromatic carbocycles. The molecule has 16 heavy (non-hydrogen) atoms. The van der Waals surface area contributed by atoms with Gasteiger partial charge < -0.3 is 10.6 Å². The van der Waals surface area contributed by atoms with E-state index in [-0.39, 0.29) is 5.91 Å². The lowest BCUT2D eigenvalue weighted by molar-refractivity contribution is -0.120. The lowest BCUT2D eigenvalue weighted by atomic mass is 10.3. The van der Waals surface area contributed by atoms with Crippen molar-refractivity contribution in [1.82, 2.24) is 10.6 Å². The van der Waals surface area contributed by atoms with E-state index in [9.17, 15) is 4.79 Å². The highest BCUT2D eigenvalue weighted by Gasteiger charge is 2.03. The van der Waals surface area contributed by atoms with E-state index in [2.05, 4.69) is 39.6 Å². The molecule has 0 spiro atoms. The number of rotatable bonds is 6. The number of hydrogen-bond acceptors (Lipinski definition) is 3. The third-order valence-electron chi connectivity index (χ3n) is 2.07. The maximum atomic E-state index is 11.3. The molecular weight excluding hydrogens is 288 g/mol. The average Bonchev–Trinajstić information content (AvgIpc) is 2.55. The maximum Gasteiger partial charge on any atom is 0.233 e. The summed E-state index contributed by atoms with van der Waals surface area (Å²) in [5.74, 6) is 0.0641. The first-order valence-electron chi connectivity index (χ1n) is 5.35. The summed E-state index contributed by atoms with van der Waals surface area (Å²) in [5.41, 5.74) is 1.25. The van der Waals surface area contributed by atoms with Crippen molar-refractivity contribution in [2.45, 2.75) is 26.8 Å². The minimum absolute atomic E-state index is 0.0641. The Balaban J connectivity index is 2.22. The van der Waals surface area contributed by atoms with Crippen LogP contribution in [-0.4, -0.2) is 19.0 Å². The van der Waals surface area contributed by atoms with Crippen LogP contribution in [0.25, 0.3) is 0 Å². The van der Waals surface area contributed by atoms with Gasteiger partial charge in [-0.05, 0) is 40.9 Å². The number of aryl methyl sites for hydroxylation is 1. The molecule has 0 bridgehead atoms. The van der Waals surface area contributed by atoms with Crippen LogP contribution in [-0.2, 0) is 11.3 Å². The van der Waals surface area contributed by atoms with Crippen LogP contribution in [0.5, 0.6) is 0 Å². The quantitative estimate of drug-likeness (QED) is 0.847. The van der Waals surface area contributed by atoms with Gasteiger partial charge in [0.1, 0.15) is 0 Å². The van der Waals surface area contributed by atoms with Crippen molar-refractivity contribution in [2.24, 2.45) is 0 Å². The lowest BCUT2D eigenvalue weighted by Crippen LogP contribution is -2.33. The molecule has 0 aliphatic carbocycles. The molecule has 1 aromatic rings. The Bertz CT molecular complexity index is 332. The molecule has 0 unspecified atom stereocenters. The summed E-state index contributed by atoms with van der Waals surface area (Å²) in [6, 6.07) is 2.13. The smallest absolute Gasteiger partial charge is 0.233 e. The fraction of sp³-hybridized carbons (Fsp3) is 0.545. The minimum atomic E-state index is 0.0641. The van der Waals surface area contributed by atoms with Gasteiger partial charge in [-0.3, -0.25) is 4.79 Å². The normalized spacial score (nSPS) is 10.4. The Morgan fingerprint density at radius 3 is 2.88 bits per heavy atom. The van der Waals surface area contributed by atoms with Crippen molar-refractivity contribution in [3.05, 3.63) is 20.3 Å². The highest BCUT2D eigenvalue weighted by atomic mass is 79.9. The molecule has 5 heteroatoms. The Hall–Kier alpha value is -0.390. The highest BCUT2D eigenvalue weighted by molar-refractivity contribution is 9.11. The van der Waals surface area contributed by atoms with Gasteiger partial charge in [0.25, 0.3) is 0 Å². The van der Waals surface area contributed by atoms with E-state index in [1.165, 1.54) is 14.2 Å². The van der Waals surface area contributed by atoms with Crippen molar-refractivity contribution in [3.63, 3.8) is 0 Å². The monoisotopic (exact) mass is 304 g/mol. The number of amides is 1. The molecule has 1 rings (SSSR count). The van der Waals surface area contributed by atoms with Crippen LogP contribution in [0, 0.1) is 6.92 Å². The molecule has 0 saturated carbocycles. The van der Waals surface area contributed by atoms with Crippen LogP contribution in [0.15, 0.2) is 9.85 Å². The standard InChI is InChI=1S/C11H17BrN2OS/c1-3-4-14-10(15)7-13-6-9-5-8(2)11(12)16-9/h5,13H,3-4,6-7H2,1-2H3,(H,14,15). The van der Waals surface area contributed by atoms with E-state index in [0.717, 1.165) is 19.5 Å². The van der Waals surface area contributed by atoms with Gasteiger partial charge >= 0.3 is 0 Å². The molecule has 2 N–H and O–H groups in total. The summed E-state index contributed by atoms with van der Waals surface area (Å²) in [7, 11) is 0. The van der Waals surface area contributed by atoms with Gasteiger partial charge in [-0.15, -0.1) is 11.3 Å². The first-order valence-corrected chi connectivity index (χ1v) is 6.96. The summed E-state index contributed by atoms with van der Waals surface area (Å²) < 4.78 is 1.17. The van der Waals surface area contributed by atoms with E-state index in [4.69, 9.17) is 0 Å². The third kappa shape index (κ3) is 4.63. The number of halogens is 1. The van der Waals surface area contributed by atoms with Crippen molar-refractivity contribution in [1.29, 1.82) is 0 Å². The summed E-state index contributed by atoms with van der Waals surface area (Å²) in [4.78, 5) is 12.5. The largest absolute Gasteiger partial charge is 0.355 e. The van der Waals surface area contributed by atoms with E-state index < -0.39 is 0 Å². The fourth-order valence-electron chi connectivity index (χ4n) is 1.24. The molecule has 1 amide bonds. The second kappa shape index (κ2) is 7.04. The maximum absolute atomic E-state index is 11.3. The van der Waals surface area contributed by atoms with Gasteiger partial charge in [0.15, 0.2) is 0 Å². The van der Waals surface area contributed by atoms with Crippen molar-refractivity contribution < 1.29 is 4.79 Å². The van der Waals surface area contributed by atoms with E-state index >= 15 is 0 Å². The van der Waals surface area contributed by atoms with Crippen molar-refractivity contribution in [3.8, 4) is 0 Å². The van der Waals surface area contributed by atoms with Gasteiger partial charge in [-0.1, -0.05) is 6.92 Å². The number of nitrogens with one attached hydrogen (secondary N) is 2. The number of hydrogen-bond donors (Lipinski definition) is 2. The molecule has 0 aliphatic heterocycles. The second-order valence-corrected chi connectivity index (χ2v) is 6.08. The average molecular weight is 305 g/mol. The molecule has 0 radical (unpaired) electrons. The first kappa shape index (κ1) is 13.7. The SMILES string of the molecule is CCCNC(=O)CNCc1cc(C)c(Br)s1. The van der Waals surface area contributed by atoms with Crippen molar-refractivity contribution >= 4 is 33.2 Å². The van der Waals surface area contributed by atoms with E-state index in [0.29, 0.717) is 6.54 Å².